The van der Waals surface area contributed by atoms with Gasteiger partial charge < -0.3 is 5.32 Å². The summed E-state index contributed by atoms with van der Waals surface area (Å²) >= 11 is 7.92. The molecule has 2 N–H and O–H groups in total. The number of hydrogen-bond donors (Lipinski definition) is 2. The van der Waals surface area contributed by atoms with E-state index < -0.39 is 10.0 Å². The minimum absolute atomic E-state index is 0.0326. The summed E-state index contributed by atoms with van der Waals surface area (Å²) in [5, 5.41) is 3.18. The number of hydrogen-bond acceptors (Lipinski definition) is 4. The van der Waals surface area contributed by atoms with E-state index in [-0.39, 0.29) is 16.6 Å². The molecule has 3 aromatic carbocycles. The first-order valence-corrected chi connectivity index (χ1v) is 13.1. The van der Waals surface area contributed by atoms with E-state index in [1.165, 1.54) is 3.97 Å². The van der Waals surface area contributed by atoms with Crippen LogP contribution in [0.4, 0.5) is 5.69 Å². The summed E-state index contributed by atoms with van der Waals surface area (Å²) in [4.78, 5) is 15.8. The fraction of sp³-hybridized carbons (Fsp3) is 0.0476. The normalized spacial score (nSPS) is 11.5. The predicted octanol–water partition coefficient (Wildman–Crippen LogP) is 4.95. The fourth-order valence-corrected chi connectivity index (χ4v) is 6.18. The van der Waals surface area contributed by atoms with Gasteiger partial charge in [-0.15, -0.1) is 3.97 Å². The summed E-state index contributed by atoms with van der Waals surface area (Å²) in [5.74, 6) is -0.216. The summed E-state index contributed by atoms with van der Waals surface area (Å²) in [5.41, 5.74) is 1.83. The molecule has 0 aliphatic rings. The van der Waals surface area contributed by atoms with Crippen LogP contribution in [0.5, 0.6) is 0 Å². The first-order valence-electron chi connectivity index (χ1n) is 9.07. The van der Waals surface area contributed by atoms with Crippen molar-refractivity contribution < 1.29 is 17.2 Å². The maximum absolute atomic E-state index is 13.4. The van der Waals surface area contributed by atoms with Crippen molar-refractivity contribution in [1.29, 1.82) is 0 Å². The van der Waals surface area contributed by atoms with Gasteiger partial charge in [0.05, 0.1) is 5.75 Å². The van der Waals surface area contributed by atoms with E-state index in [2.05, 4.69) is 42.2 Å². The first kappa shape index (κ1) is 22.1. The number of thioether (sulfide) groups is 1. The zero-order chi connectivity index (χ0) is 22.0. The van der Waals surface area contributed by atoms with Gasteiger partial charge in [0.2, 0.25) is 5.91 Å². The zero-order valence-electron chi connectivity index (χ0n) is 15.9. The zero-order valence-corrected chi connectivity index (χ0v) is 20.7. The molecule has 31 heavy (non-hydrogen) atoms. The number of aromatic amines is 1. The van der Waals surface area contributed by atoms with Crippen LogP contribution >= 0.6 is 43.6 Å². The lowest BCUT2D eigenvalue weighted by atomic mass is 10.3. The standard InChI is InChI=1S/C21H15Br2N3O3S2/c22-16-11-10-14(12-17(16)23)24-20(27)13-30-21-25-18-8-4-5-9-19(18)26(21)31(28,29)15-6-2-1-3-7-15/h1-12H,13H2,(H,24,27)/p+1. The molecular formula is C21H16Br2N3O3S2+. The summed E-state index contributed by atoms with van der Waals surface area (Å²) in [6.45, 7) is 0. The third-order valence-electron chi connectivity index (χ3n) is 4.37. The predicted molar refractivity (Wildman–Crippen MR) is 129 cm³/mol. The van der Waals surface area contributed by atoms with Crippen LogP contribution in [-0.2, 0) is 14.8 Å². The van der Waals surface area contributed by atoms with Gasteiger partial charge in [0, 0.05) is 14.6 Å². The second-order valence-electron chi connectivity index (χ2n) is 6.50. The van der Waals surface area contributed by atoms with Crippen molar-refractivity contribution in [3.05, 3.63) is 81.7 Å². The number of para-hydroxylation sites is 2. The first-order chi connectivity index (χ1) is 14.9. The number of fused-ring (bicyclic) bond motifs is 1. The van der Waals surface area contributed by atoms with Crippen LogP contribution in [0.3, 0.4) is 0 Å². The summed E-state index contributed by atoms with van der Waals surface area (Å²) in [7, 11) is -3.85. The molecule has 158 valence electrons. The third-order valence-corrected chi connectivity index (χ3v) is 9.06. The molecule has 0 saturated carbocycles. The Labute approximate surface area is 200 Å². The molecular weight excluding hydrogens is 566 g/mol. The van der Waals surface area contributed by atoms with Crippen LogP contribution < -0.4 is 9.29 Å². The monoisotopic (exact) mass is 580 g/mol. The summed E-state index contributed by atoms with van der Waals surface area (Å²) in [6, 6.07) is 20.8. The highest BCUT2D eigenvalue weighted by Crippen LogP contribution is 2.26. The number of H-pyrrole nitrogens is 1. The molecule has 0 atom stereocenters. The number of carbonyl (C=O) groups is 1. The van der Waals surface area contributed by atoms with Crippen LogP contribution in [0.2, 0.25) is 0 Å². The van der Waals surface area contributed by atoms with Crippen LogP contribution in [0, 0.1) is 0 Å². The molecule has 10 heteroatoms. The van der Waals surface area contributed by atoms with Crippen LogP contribution in [0.15, 0.2) is 91.8 Å². The molecule has 1 heterocycles. The average molecular weight is 582 g/mol. The van der Waals surface area contributed by atoms with Crippen molar-refractivity contribution in [2.24, 2.45) is 0 Å². The number of carbonyl (C=O) groups excluding carboxylic acids is 1. The third kappa shape index (κ3) is 4.72. The summed E-state index contributed by atoms with van der Waals surface area (Å²) < 4.78 is 29.7. The maximum atomic E-state index is 13.4. The van der Waals surface area contributed by atoms with Crippen molar-refractivity contribution in [2.45, 2.75) is 10.1 Å². The molecule has 6 nitrogen and oxygen atoms in total. The number of imidazole rings is 1. The van der Waals surface area contributed by atoms with Gasteiger partial charge >= 0.3 is 15.2 Å². The van der Waals surface area contributed by atoms with Gasteiger partial charge in [-0.1, -0.05) is 30.3 Å². The van der Waals surface area contributed by atoms with Gasteiger partial charge in [-0.25, -0.2) is 4.98 Å². The highest BCUT2D eigenvalue weighted by Gasteiger charge is 2.31. The lowest BCUT2D eigenvalue weighted by Crippen LogP contribution is -2.44. The highest BCUT2D eigenvalue weighted by atomic mass is 79.9. The molecule has 1 amide bonds. The second kappa shape index (κ2) is 9.15. The number of nitrogens with zero attached hydrogens (tertiary/aromatic N) is 1. The van der Waals surface area contributed by atoms with Gasteiger partial charge in [0.1, 0.15) is 4.90 Å². The Kier molecular flexibility index (Phi) is 6.52. The molecule has 0 saturated heterocycles. The van der Waals surface area contributed by atoms with E-state index in [9.17, 15) is 13.2 Å². The van der Waals surface area contributed by atoms with E-state index in [0.29, 0.717) is 21.9 Å². The van der Waals surface area contributed by atoms with Gasteiger partial charge in [0.15, 0.2) is 11.0 Å². The molecule has 4 rings (SSSR count). The average Bonchev–Trinajstić information content (AvgIpc) is 3.15. The van der Waals surface area contributed by atoms with E-state index >= 15 is 0 Å². The summed E-state index contributed by atoms with van der Waals surface area (Å²) in [6.07, 6.45) is 0. The van der Waals surface area contributed by atoms with Gasteiger partial charge in [-0.05, 0) is 86.1 Å². The molecule has 0 fully saturated rings. The minimum Gasteiger partial charge on any atom is -0.325 e. The maximum Gasteiger partial charge on any atom is 0.336 e. The Morgan fingerprint density at radius 1 is 0.968 bits per heavy atom. The number of aromatic nitrogens is 2. The van der Waals surface area contributed by atoms with Gasteiger partial charge in [-0.3, -0.25) is 4.79 Å². The Morgan fingerprint density at radius 3 is 2.42 bits per heavy atom. The Hall–Kier alpha value is -2.14. The Balaban J connectivity index is 1.63. The van der Waals surface area contributed by atoms with E-state index in [1.54, 1.807) is 60.7 Å². The van der Waals surface area contributed by atoms with Crippen LogP contribution in [0.1, 0.15) is 0 Å². The lowest BCUT2D eigenvalue weighted by molar-refractivity contribution is -0.526. The Morgan fingerprint density at radius 2 is 1.68 bits per heavy atom. The van der Waals surface area contributed by atoms with Crippen molar-refractivity contribution in [3.63, 3.8) is 0 Å². The van der Waals surface area contributed by atoms with Crippen molar-refractivity contribution in [3.8, 4) is 0 Å². The van der Waals surface area contributed by atoms with Gasteiger partial charge in [0.25, 0.3) is 0 Å². The topological polar surface area (TPSA) is 82.9 Å². The number of nitrogens with one attached hydrogen (secondary N) is 2. The van der Waals surface area contributed by atoms with Crippen molar-refractivity contribution in [1.82, 2.24) is 4.98 Å². The van der Waals surface area contributed by atoms with Crippen molar-refractivity contribution in [2.75, 3.05) is 11.1 Å². The molecule has 0 bridgehead atoms. The van der Waals surface area contributed by atoms with Crippen LogP contribution in [0.25, 0.3) is 11.0 Å². The fourth-order valence-electron chi connectivity index (χ4n) is 2.97. The van der Waals surface area contributed by atoms with Crippen LogP contribution in [-0.4, -0.2) is 25.1 Å². The number of amides is 1. The van der Waals surface area contributed by atoms with Gasteiger partial charge in [-0.2, -0.15) is 8.42 Å². The molecule has 0 spiro atoms. The largest absolute Gasteiger partial charge is 0.336 e. The molecule has 0 radical (unpaired) electrons. The highest BCUT2D eigenvalue weighted by molar-refractivity contribution is 9.13. The second-order valence-corrected chi connectivity index (χ2v) is 11.0. The SMILES string of the molecule is O=C(CSc1[nH]c2ccccc2[n+]1S(=O)(=O)c1ccccc1)Nc1ccc(Br)c(Br)c1. The molecule has 0 aliphatic heterocycles. The minimum atomic E-state index is -3.85. The number of anilines is 1. The number of benzene rings is 3. The van der Waals surface area contributed by atoms with E-state index in [4.69, 9.17) is 0 Å². The lowest BCUT2D eigenvalue weighted by Gasteiger charge is -2.06. The van der Waals surface area contributed by atoms with E-state index in [1.807, 2.05) is 12.1 Å². The molecule has 1 aromatic heterocycles. The molecule has 0 unspecified atom stereocenters. The van der Waals surface area contributed by atoms with E-state index in [0.717, 1.165) is 20.7 Å². The smallest absolute Gasteiger partial charge is 0.325 e. The molecule has 4 aromatic rings. The number of rotatable bonds is 6. The molecule has 0 aliphatic carbocycles. The number of halogens is 2. The Bertz CT molecular complexity index is 1370. The van der Waals surface area contributed by atoms with Crippen molar-refractivity contribution >= 4 is 76.3 Å². The quantitative estimate of drug-likeness (QED) is 0.249.